The number of benzene rings is 2. The highest BCUT2D eigenvalue weighted by molar-refractivity contribution is 5.65. The molecule has 3 aliphatic rings. The van der Waals surface area contributed by atoms with Crippen LogP contribution in [0.15, 0.2) is 48.7 Å². The van der Waals surface area contributed by atoms with Gasteiger partial charge in [0, 0.05) is 56.5 Å². The normalized spacial score (nSPS) is 18.8. The van der Waals surface area contributed by atoms with Gasteiger partial charge in [-0.25, -0.2) is 14.4 Å². The zero-order valence-corrected chi connectivity index (χ0v) is 21.7. The number of aromatic nitrogens is 2. The van der Waals surface area contributed by atoms with Gasteiger partial charge in [-0.1, -0.05) is 0 Å². The first-order chi connectivity index (χ1) is 19.2. The van der Waals surface area contributed by atoms with Crippen molar-refractivity contribution in [3.05, 3.63) is 60.0 Å². The molecule has 202 valence electrons. The van der Waals surface area contributed by atoms with Crippen LogP contribution >= 0.6 is 0 Å². The number of hydrogen-bond donors (Lipinski definition) is 1. The molecule has 0 bridgehead atoms. The van der Waals surface area contributed by atoms with Crippen molar-refractivity contribution >= 4 is 17.2 Å². The first kappa shape index (κ1) is 25.5. The fourth-order valence-electron chi connectivity index (χ4n) is 5.15. The molecule has 2 aromatic carbocycles. The highest BCUT2D eigenvalue weighted by Gasteiger charge is 2.29. The van der Waals surface area contributed by atoms with Crippen LogP contribution in [0.25, 0.3) is 11.4 Å². The van der Waals surface area contributed by atoms with Crippen molar-refractivity contribution in [3.63, 3.8) is 0 Å². The number of piperazine rings is 1. The van der Waals surface area contributed by atoms with Crippen LogP contribution in [0.3, 0.4) is 0 Å². The summed E-state index contributed by atoms with van der Waals surface area (Å²) >= 11 is 0. The SMILES string of the molecule is N#Cc1cc(-c2nccc(Nc3ccc(N4CCN(C5COC5)CC4)c(F)c3)n2)ccc1OC1CCOCC1. The predicted octanol–water partition coefficient (Wildman–Crippen LogP) is 3.98. The van der Waals surface area contributed by atoms with Crippen LogP contribution in [-0.4, -0.2) is 79.6 Å². The summed E-state index contributed by atoms with van der Waals surface area (Å²) in [5.74, 6) is 1.27. The van der Waals surface area contributed by atoms with E-state index < -0.39 is 0 Å². The Kier molecular flexibility index (Phi) is 7.54. The molecular formula is C29H31FN6O3. The fourth-order valence-corrected chi connectivity index (χ4v) is 5.15. The second-order valence-corrected chi connectivity index (χ2v) is 10.0. The number of nitriles is 1. The lowest BCUT2D eigenvalue weighted by Crippen LogP contribution is -2.56. The molecule has 3 fully saturated rings. The molecule has 3 aliphatic heterocycles. The van der Waals surface area contributed by atoms with E-state index in [9.17, 15) is 5.26 Å². The molecule has 0 atom stereocenters. The van der Waals surface area contributed by atoms with Crippen molar-refractivity contribution in [2.75, 3.05) is 62.8 Å². The van der Waals surface area contributed by atoms with E-state index in [4.69, 9.17) is 14.2 Å². The summed E-state index contributed by atoms with van der Waals surface area (Å²) in [5, 5.41) is 12.9. The Labute approximate surface area is 227 Å². The van der Waals surface area contributed by atoms with E-state index in [2.05, 4.69) is 31.2 Å². The lowest BCUT2D eigenvalue weighted by Gasteiger charge is -2.43. The van der Waals surface area contributed by atoms with E-state index in [1.807, 2.05) is 18.2 Å². The van der Waals surface area contributed by atoms with Gasteiger partial charge in [-0.05, 0) is 42.5 Å². The Morgan fingerprint density at radius 3 is 2.54 bits per heavy atom. The van der Waals surface area contributed by atoms with E-state index in [1.54, 1.807) is 24.4 Å². The zero-order chi connectivity index (χ0) is 26.6. The summed E-state index contributed by atoms with van der Waals surface area (Å²) < 4.78 is 31.8. The number of rotatable bonds is 7. The van der Waals surface area contributed by atoms with E-state index in [-0.39, 0.29) is 11.9 Å². The number of hydrogen-bond acceptors (Lipinski definition) is 9. The van der Waals surface area contributed by atoms with Crippen LogP contribution in [0.1, 0.15) is 18.4 Å². The standard InChI is InChI=1S/C29H31FN6O3/c30-25-16-22(2-3-26(25)36-11-9-35(10-12-36)23-18-38-19-23)33-28-5-8-32-29(34-28)20-1-4-27(21(15-20)17-31)39-24-6-13-37-14-7-24/h1-5,8,15-16,23-24H,6-7,9-14,18-19H2,(H,32,33,34). The molecule has 0 aliphatic carbocycles. The molecule has 0 spiro atoms. The molecule has 1 aromatic heterocycles. The van der Waals surface area contributed by atoms with Gasteiger partial charge in [0.05, 0.1) is 43.7 Å². The van der Waals surface area contributed by atoms with Gasteiger partial charge < -0.3 is 24.4 Å². The quantitative estimate of drug-likeness (QED) is 0.487. The van der Waals surface area contributed by atoms with Crippen molar-refractivity contribution in [1.29, 1.82) is 5.26 Å². The van der Waals surface area contributed by atoms with E-state index in [0.717, 1.165) is 52.2 Å². The van der Waals surface area contributed by atoms with Crippen molar-refractivity contribution in [2.24, 2.45) is 0 Å². The number of nitrogens with one attached hydrogen (secondary N) is 1. The van der Waals surface area contributed by atoms with E-state index in [1.165, 1.54) is 6.07 Å². The lowest BCUT2D eigenvalue weighted by molar-refractivity contribution is -0.0660. The van der Waals surface area contributed by atoms with Crippen molar-refractivity contribution in [2.45, 2.75) is 25.0 Å². The molecule has 0 saturated carbocycles. The largest absolute Gasteiger partial charge is 0.489 e. The van der Waals surface area contributed by atoms with E-state index >= 15 is 4.39 Å². The van der Waals surface area contributed by atoms with Crippen molar-refractivity contribution in [1.82, 2.24) is 14.9 Å². The third-order valence-corrected chi connectivity index (χ3v) is 7.49. The molecule has 9 nitrogen and oxygen atoms in total. The summed E-state index contributed by atoms with van der Waals surface area (Å²) in [6, 6.07) is 15.0. The Morgan fingerprint density at radius 1 is 1.00 bits per heavy atom. The Hall–Kier alpha value is -3.78. The highest BCUT2D eigenvalue weighted by atomic mass is 19.1. The first-order valence-corrected chi connectivity index (χ1v) is 13.4. The third-order valence-electron chi connectivity index (χ3n) is 7.49. The van der Waals surface area contributed by atoms with Crippen LogP contribution < -0.4 is 15.0 Å². The smallest absolute Gasteiger partial charge is 0.161 e. The molecule has 1 N–H and O–H groups in total. The second-order valence-electron chi connectivity index (χ2n) is 10.0. The van der Waals surface area contributed by atoms with Gasteiger partial charge in [-0.2, -0.15) is 5.26 Å². The van der Waals surface area contributed by atoms with Gasteiger partial charge in [-0.3, -0.25) is 4.90 Å². The highest BCUT2D eigenvalue weighted by Crippen LogP contribution is 2.29. The van der Waals surface area contributed by atoms with Crippen LogP contribution in [0, 0.1) is 17.1 Å². The Morgan fingerprint density at radius 2 is 1.82 bits per heavy atom. The minimum absolute atomic E-state index is 0.0410. The van der Waals surface area contributed by atoms with Gasteiger partial charge in [0.25, 0.3) is 0 Å². The van der Waals surface area contributed by atoms with Crippen LogP contribution in [0.4, 0.5) is 21.6 Å². The molecule has 0 unspecified atom stereocenters. The van der Waals surface area contributed by atoms with Crippen LogP contribution in [0.2, 0.25) is 0 Å². The molecule has 39 heavy (non-hydrogen) atoms. The molecular weight excluding hydrogens is 499 g/mol. The third kappa shape index (κ3) is 5.81. The van der Waals surface area contributed by atoms with Gasteiger partial charge in [0.1, 0.15) is 29.6 Å². The van der Waals surface area contributed by atoms with Gasteiger partial charge in [-0.15, -0.1) is 0 Å². The zero-order valence-electron chi connectivity index (χ0n) is 21.7. The molecule has 4 heterocycles. The molecule has 3 saturated heterocycles. The summed E-state index contributed by atoms with van der Waals surface area (Å²) in [6.45, 7) is 6.33. The maximum atomic E-state index is 15.1. The van der Waals surface area contributed by atoms with E-state index in [0.29, 0.717) is 59.1 Å². The molecule has 3 aromatic rings. The number of ether oxygens (including phenoxy) is 3. The first-order valence-electron chi connectivity index (χ1n) is 13.4. The maximum absolute atomic E-state index is 15.1. The second kappa shape index (κ2) is 11.5. The van der Waals surface area contributed by atoms with Crippen molar-refractivity contribution < 1.29 is 18.6 Å². The molecule has 0 radical (unpaired) electrons. The number of halogens is 1. The number of nitrogens with zero attached hydrogens (tertiary/aromatic N) is 5. The Bertz CT molecular complexity index is 1350. The molecule has 6 rings (SSSR count). The van der Waals surface area contributed by atoms with Gasteiger partial charge in [0.2, 0.25) is 0 Å². The maximum Gasteiger partial charge on any atom is 0.161 e. The molecule has 0 amide bonds. The Balaban J connectivity index is 1.12. The van der Waals surface area contributed by atoms with Crippen molar-refractivity contribution in [3.8, 4) is 23.2 Å². The lowest BCUT2D eigenvalue weighted by atomic mass is 10.1. The average Bonchev–Trinajstić information content (AvgIpc) is 2.94. The summed E-state index contributed by atoms with van der Waals surface area (Å²) in [5.41, 5.74) is 2.34. The molecule has 10 heteroatoms. The summed E-state index contributed by atoms with van der Waals surface area (Å²) in [7, 11) is 0. The van der Waals surface area contributed by atoms with Gasteiger partial charge >= 0.3 is 0 Å². The number of anilines is 3. The minimum atomic E-state index is -0.270. The average molecular weight is 531 g/mol. The minimum Gasteiger partial charge on any atom is -0.489 e. The monoisotopic (exact) mass is 530 g/mol. The predicted molar refractivity (Wildman–Crippen MR) is 145 cm³/mol. The van der Waals surface area contributed by atoms with Gasteiger partial charge in [0.15, 0.2) is 5.82 Å². The van der Waals surface area contributed by atoms with Crippen LogP contribution in [0.5, 0.6) is 5.75 Å². The summed E-state index contributed by atoms with van der Waals surface area (Å²) in [6.07, 6.45) is 3.29. The summed E-state index contributed by atoms with van der Waals surface area (Å²) in [4.78, 5) is 13.5. The van der Waals surface area contributed by atoms with Crippen LogP contribution in [-0.2, 0) is 9.47 Å². The topological polar surface area (TPSA) is 95.8 Å². The fraction of sp³-hybridized carbons (Fsp3) is 0.414.